The van der Waals surface area contributed by atoms with E-state index in [1.165, 1.54) is 6.92 Å². The number of rotatable bonds is 6. The van der Waals surface area contributed by atoms with Crippen LogP contribution in [-0.4, -0.2) is 30.6 Å². The Hall–Kier alpha value is -1.56. The maximum absolute atomic E-state index is 11.9. The van der Waals surface area contributed by atoms with Gasteiger partial charge in [-0.3, -0.25) is 9.59 Å². The molecule has 6 nitrogen and oxygen atoms in total. The van der Waals surface area contributed by atoms with Gasteiger partial charge in [-0.05, 0) is 13.8 Å². The van der Waals surface area contributed by atoms with Gasteiger partial charge in [-0.1, -0.05) is 17.2 Å². The number of ketones is 1. The molecule has 0 aliphatic carbocycles. The highest BCUT2D eigenvalue weighted by Gasteiger charge is 2.25. The van der Waals surface area contributed by atoms with Gasteiger partial charge in [0.2, 0.25) is 5.78 Å². The Morgan fingerprint density at radius 2 is 1.78 bits per heavy atom. The summed E-state index contributed by atoms with van der Waals surface area (Å²) in [5, 5.41) is 0.000301. The Bertz CT molecular complexity index is 374. The summed E-state index contributed by atoms with van der Waals surface area (Å²) in [6.45, 7) is 4.35. The molecule has 18 heavy (non-hydrogen) atoms. The molecule has 102 valence electrons. The number of halogens is 1. The number of esters is 1. The molecule has 0 bridgehead atoms. The maximum atomic E-state index is 11.9. The number of amides is 1. The normalized spacial score (nSPS) is 11.3. The monoisotopic (exact) mass is 277 g/mol. The third-order valence-electron chi connectivity index (χ3n) is 1.88. The van der Waals surface area contributed by atoms with Gasteiger partial charge in [-0.2, -0.15) is 0 Å². The smallest absolute Gasteiger partial charge is 0.404 e. The van der Waals surface area contributed by atoms with Crippen molar-refractivity contribution in [1.82, 2.24) is 0 Å². The van der Waals surface area contributed by atoms with Crippen molar-refractivity contribution in [1.29, 1.82) is 0 Å². The van der Waals surface area contributed by atoms with E-state index in [1.807, 2.05) is 0 Å². The lowest BCUT2D eigenvalue weighted by Gasteiger charge is -2.15. The second-order valence-corrected chi connectivity index (χ2v) is 4.11. The summed E-state index contributed by atoms with van der Waals surface area (Å²) in [6.07, 6.45) is -2.04. The minimum Gasteiger partial charge on any atom is -0.454 e. The molecular weight excluding hydrogens is 262 g/mol. The van der Waals surface area contributed by atoms with Crippen LogP contribution in [-0.2, 0) is 19.1 Å². The molecule has 1 unspecified atom stereocenters. The molecule has 0 aliphatic rings. The van der Waals surface area contributed by atoms with Crippen LogP contribution >= 0.6 is 11.6 Å². The van der Waals surface area contributed by atoms with Crippen LogP contribution < -0.4 is 5.73 Å². The molecule has 0 fully saturated rings. The van der Waals surface area contributed by atoms with E-state index in [2.05, 4.69) is 4.74 Å². The van der Waals surface area contributed by atoms with E-state index in [-0.39, 0.29) is 18.1 Å². The van der Waals surface area contributed by atoms with E-state index in [0.29, 0.717) is 5.57 Å². The fourth-order valence-corrected chi connectivity index (χ4v) is 1.22. The van der Waals surface area contributed by atoms with Crippen LogP contribution in [0.2, 0.25) is 0 Å². The fraction of sp³-hybridized carbons (Fsp3) is 0.545. The topological polar surface area (TPSA) is 95.7 Å². The third-order valence-corrected chi connectivity index (χ3v) is 2.44. The predicted octanol–water partition coefficient (Wildman–Crippen LogP) is 1.51. The summed E-state index contributed by atoms with van der Waals surface area (Å²) in [7, 11) is 0. The van der Waals surface area contributed by atoms with Crippen molar-refractivity contribution in [3.8, 4) is 0 Å². The van der Waals surface area contributed by atoms with E-state index in [9.17, 15) is 14.4 Å². The highest BCUT2D eigenvalue weighted by atomic mass is 35.5. The van der Waals surface area contributed by atoms with Gasteiger partial charge in [0.1, 0.15) is 0 Å². The molecule has 0 spiro atoms. The number of hydrogen-bond donors (Lipinski definition) is 1. The average Bonchev–Trinajstić information content (AvgIpc) is 2.24. The molecular formula is C11H16ClNO5. The molecule has 0 aromatic rings. The highest BCUT2D eigenvalue weighted by molar-refractivity contribution is 6.43. The van der Waals surface area contributed by atoms with Crippen LogP contribution in [0, 0.1) is 0 Å². The molecule has 7 heteroatoms. The van der Waals surface area contributed by atoms with Crippen LogP contribution in [0.1, 0.15) is 27.2 Å². The molecule has 0 saturated carbocycles. The largest absolute Gasteiger partial charge is 0.454 e. The zero-order chi connectivity index (χ0) is 14.3. The molecule has 0 aromatic heterocycles. The van der Waals surface area contributed by atoms with E-state index in [0.717, 1.165) is 0 Å². The number of carbonyl (C=O) groups excluding carboxylic acids is 3. The summed E-state index contributed by atoms with van der Waals surface area (Å²) in [4.78, 5) is 33.1. The average molecular weight is 278 g/mol. The highest BCUT2D eigenvalue weighted by Crippen LogP contribution is 2.16. The minimum atomic E-state index is -1.08. The number of allylic oxidation sites excluding steroid dienone is 1. The van der Waals surface area contributed by atoms with Gasteiger partial charge >= 0.3 is 12.1 Å². The van der Waals surface area contributed by atoms with Gasteiger partial charge in [-0.25, -0.2) is 4.79 Å². The van der Waals surface area contributed by atoms with Crippen LogP contribution in [0.4, 0.5) is 4.79 Å². The van der Waals surface area contributed by atoms with Gasteiger partial charge in [-0.15, -0.1) is 0 Å². The molecule has 0 aromatic carbocycles. The van der Waals surface area contributed by atoms with E-state index >= 15 is 0 Å². The first-order valence-electron chi connectivity index (χ1n) is 5.22. The Labute approximate surface area is 110 Å². The van der Waals surface area contributed by atoms with E-state index < -0.39 is 23.9 Å². The minimum absolute atomic E-state index is 0.000301. The Morgan fingerprint density at radius 1 is 1.22 bits per heavy atom. The van der Waals surface area contributed by atoms with Crippen LogP contribution in [0.25, 0.3) is 0 Å². The Kier molecular flexibility index (Phi) is 7.04. The summed E-state index contributed by atoms with van der Waals surface area (Å²) in [6, 6.07) is 0. The van der Waals surface area contributed by atoms with Crippen LogP contribution in [0.5, 0.6) is 0 Å². The van der Waals surface area contributed by atoms with Crippen LogP contribution in [0.3, 0.4) is 0 Å². The third kappa shape index (κ3) is 6.24. The van der Waals surface area contributed by atoms with Gasteiger partial charge in [0, 0.05) is 13.3 Å². The number of primary amides is 1. The Balaban J connectivity index is 4.67. The molecule has 0 rings (SSSR count). The molecule has 0 saturated heterocycles. The fourth-order valence-electron chi connectivity index (χ4n) is 1.10. The van der Waals surface area contributed by atoms with Gasteiger partial charge < -0.3 is 15.2 Å². The first kappa shape index (κ1) is 16.4. The van der Waals surface area contributed by atoms with Gasteiger partial charge in [0.25, 0.3) is 0 Å². The second kappa shape index (κ2) is 7.71. The van der Waals surface area contributed by atoms with Crippen molar-refractivity contribution >= 4 is 29.4 Å². The number of Topliss-reactive ketones (excluding diaryl/α,β-unsaturated/α-hetero) is 1. The zero-order valence-electron chi connectivity index (χ0n) is 10.5. The number of ether oxygens (including phenoxy) is 2. The van der Waals surface area contributed by atoms with Gasteiger partial charge in [0.15, 0.2) is 6.10 Å². The zero-order valence-corrected chi connectivity index (χ0v) is 11.2. The summed E-state index contributed by atoms with van der Waals surface area (Å²) >= 11 is 5.79. The number of hydrogen-bond acceptors (Lipinski definition) is 5. The lowest BCUT2D eigenvalue weighted by molar-refractivity contribution is -0.152. The number of nitrogens with two attached hydrogens (primary N) is 1. The summed E-state index contributed by atoms with van der Waals surface area (Å²) < 4.78 is 9.31. The molecule has 0 radical (unpaired) electrons. The number of carbonyl (C=O) groups is 3. The van der Waals surface area contributed by atoms with Crippen molar-refractivity contribution in [3.63, 3.8) is 0 Å². The molecule has 2 N–H and O–H groups in total. The van der Waals surface area contributed by atoms with Gasteiger partial charge in [0.05, 0.1) is 11.6 Å². The molecule has 0 heterocycles. The first-order valence-corrected chi connectivity index (χ1v) is 5.60. The van der Waals surface area contributed by atoms with Crippen molar-refractivity contribution in [2.24, 2.45) is 5.73 Å². The standard InChI is InChI=1S/C11H16ClNO5/c1-6(2)9(12)10(15)8(18-7(3)14)4-5-17-11(13)16/h8H,4-5H2,1-3H3,(H2,13,16). The van der Waals surface area contributed by atoms with Crippen molar-refractivity contribution < 1.29 is 23.9 Å². The Morgan fingerprint density at radius 3 is 2.17 bits per heavy atom. The molecule has 0 aliphatic heterocycles. The second-order valence-electron chi connectivity index (χ2n) is 3.73. The first-order chi connectivity index (χ1) is 8.25. The van der Waals surface area contributed by atoms with E-state index in [1.54, 1.807) is 13.8 Å². The molecule has 1 atom stereocenters. The van der Waals surface area contributed by atoms with Crippen molar-refractivity contribution in [3.05, 3.63) is 10.6 Å². The predicted molar refractivity (Wildman–Crippen MR) is 64.9 cm³/mol. The van der Waals surface area contributed by atoms with Crippen molar-refractivity contribution in [2.75, 3.05) is 6.61 Å². The maximum Gasteiger partial charge on any atom is 0.404 e. The quantitative estimate of drug-likeness (QED) is 0.586. The SMILES string of the molecule is CC(=O)OC(CCOC(N)=O)C(=O)C(Cl)=C(C)C. The summed E-state index contributed by atoms with van der Waals surface area (Å²) in [5.74, 6) is -1.15. The summed E-state index contributed by atoms with van der Waals surface area (Å²) in [5.41, 5.74) is 5.38. The van der Waals surface area contributed by atoms with E-state index in [4.69, 9.17) is 22.1 Å². The lowest BCUT2D eigenvalue weighted by atomic mass is 10.1. The van der Waals surface area contributed by atoms with Crippen molar-refractivity contribution in [2.45, 2.75) is 33.3 Å². The molecule has 1 amide bonds. The van der Waals surface area contributed by atoms with Crippen LogP contribution in [0.15, 0.2) is 10.6 Å². The lowest BCUT2D eigenvalue weighted by Crippen LogP contribution is -2.29.